The molecule has 0 spiro atoms. The van der Waals surface area contributed by atoms with E-state index in [0.29, 0.717) is 5.91 Å². The number of benzene rings is 2. The van der Waals surface area contributed by atoms with E-state index in [1.54, 1.807) is 0 Å². The van der Waals surface area contributed by atoms with Crippen LogP contribution in [0.15, 0.2) is 54.6 Å². The Morgan fingerprint density at radius 3 is 2.19 bits per heavy atom. The van der Waals surface area contributed by atoms with Crippen LogP contribution in [0.3, 0.4) is 0 Å². The second kappa shape index (κ2) is 8.75. The van der Waals surface area contributed by atoms with E-state index in [1.807, 2.05) is 53.4 Å². The van der Waals surface area contributed by atoms with Crippen LogP contribution in [0.4, 0.5) is 5.69 Å². The molecule has 0 atom stereocenters. The zero-order chi connectivity index (χ0) is 18.4. The number of hydrogen-bond donors (Lipinski definition) is 0. The maximum Gasteiger partial charge on any atom is 0.225 e. The molecule has 0 saturated carbocycles. The summed E-state index contributed by atoms with van der Waals surface area (Å²) in [6.07, 6.45) is 1.84. The monoisotopic (exact) mass is 352 g/mol. The fourth-order valence-electron chi connectivity index (χ4n) is 3.48. The molecule has 0 radical (unpaired) electrons. The maximum absolute atomic E-state index is 12.6. The second-order valence-electron chi connectivity index (χ2n) is 6.71. The molecule has 1 aliphatic rings. The largest absolute Gasteiger partial charge is 0.455 e. The summed E-state index contributed by atoms with van der Waals surface area (Å²) in [5, 5.41) is 0. The van der Waals surface area contributed by atoms with Gasteiger partial charge in [-0.15, -0.1) is 0 Å². The lowest BCUT2D eigenvalue weighted by Crippen LogP contribution is -2.50. The number of ether oxygens (including phenoxy) is 1. The minimum absolute atomic E-state index is 0.162. The molecular weight excluding hydrogens is 324 g/mol. The first-order valence-corrected chi connectivity index (χ1v) is 9.58. The van der Waals surface area contributed by atoms with Crippen molar-refractivity contribution in [2.75, 3.05) is 31.1 Å². The Bertz CT molecular complexity index is 705. The number of para-hydroxylation sites is 3. The minimum atomic E-state index is 0.162. The van der Waals surface area contributed by atoms with Crippen molar-refractivity contribution in [3.63, 3.8) is 0 Å². The van der Waals surface area contributed by atoms with Gasteiger partial charge in [0.15, 0.2) is 5.75 Å². The summed E-state index contributed by atoms with van der Waals surface area (Å²) in [5.74, 6) is 2.17. The van der Waals surface area contributed by atoms with Gasteiger partial charge in [0.2, 0.25) is 5.91 Å². The zero-order valence-corrected chi connectivity index (χ0v) is 15.7. The van der Waals surface area contributed by atoms with E-state index in [9.17, 15) is 4.79 Å². The number of anilines is 1. The number of rotatable bonds is 6. The summed E-state index contributed by atoms with van der Waals surface area (Å²) < 4.78 is 6.09. The molecule has 138 valence electrons. The first-order valence-electron chi connectivity index (χ1n) is 9.58. The van der Waals surface area contributed by atoms with E-state index < -0.39 is 0 Å². The van der Waals surface area contributed by atoms with Gasteiger partial charge in [0.05, 0.1) is 5.69 Å². The zero-order valence-electron chi connectivity index (χ0n) is 15.7. The molecular formula is C22H28N2O2. The number of carbonyl (C=O) groups is 1. The Balaban J connectivity index is 1.67. The summed E-state index contributed by atoms with van der Waals surface area (Å²) in [7, 11) is 0. The van der Waals surface area contributed by atoms with Crippen LogP contribution in [0.2, 0.25) is 0 Å². The lowest BCUT2D eigenvalue weighted by atomic mass is 10.0. The van der Waals surface area contributed by atoms with Crippen LogP contribution >= 0.6 is 0 Å². The summed E-state index contributed by atoms with van der Waals surface area (Å²) in [6.45, 7) is 7.41. The molecule has 4 heteroatoms. The first kappa shape index (κ1) is 18.3. The van der Waals surface area contributed by atoms with E-state index in [1.165, 1.54) is 0 Å². The van der Waals surface area contributed by atoms with E-state index >= 15 is 0 Å². The van der Waals surface area contributed by atoms with Crippen molar-refractivity contribution in [2.24, 2.45) is 5.92 Å². The summed E-state index contributed by atoms with van der Waals surface area (Å²) in [6, 6.07) is 18.0. The van der Waals surface area contributed by atoms with Gasteiger partial charge in [0.25, 0.3) is 0 Å². The molecule has 4 nitrogen and oxygen atoms in total. The predicted molar refractivity (Wildman–Crippen MR) is 106 cm³/mol. The lowest BCUT2D eigenvalue weighted by molar-refractivity contribution is -0.136. The smallest absolute Gasteiger partial charge is 0.225 e. The van der Waals surface area contributed by atoms with Gasteiger partial charge in [-0.05, 0) is 37.1 Å². The molecule has 1 heterocycles. The molecule has 1 amide bonds. The molecule has 26 heavy (non-hydrogen) atoms. The SMILES string of the molecule is CCC(CC)C(=O)N1CCN(c2ccccc2Oc2ccccc2)CC1. The van der Waals surface area contributed by atoms with Crippen LogP contribution in [0.1, 0.15) is 26.7 Å². The van der Waals surface area contributed by atoms with Crippen molar-refractivity contribution in [2.45, 2.75) is 26.7 Å². The molecule has 0 aliphatic carbocycles. The Labute approximate surface area is 156 Å². The summed E-state index contributed by atoms with van der Waals surface area (Å²) in [5.41, 5.74) is 1.09. The number of carbonyl (C=O) groups excluding carboxylic acids is 1. The van der Waals surface area contributed by atoms with Crippen LogP contribution in [0.5, 0.6) is 11.5 Å². The lowest BCUT2D eigenvalue weighted by Gasteiger charge is -2.38. The van der Waals surface area contributed by atoms with E-state index in [-0.39, 0.29) is 5.92 Å². The molecule has 0 unspecified atom stereocenters. The number of piperazine rings is 1. The number of hydrogen-bond acceptors (Lipinski definition) is 3. The third kappa shape index (κ3) is 4.18. The van der Waals surface area contributed by atoms with Crippen molar-refractivity contribution in [1.29, 1.82) is 0 Å². The molecule has 2 aromatic rings. The molecule has 0 N–H and O–H groups in total. The van der Waals surface area contributed by atoms with Crippen molar-refractivity contribution in [1.82, 2.24) is 4.90 Å². The molecule has 2 aromatic carbocycles. The van der Waals surface area contributed by atoms with Crippen molar-refractivity contribution >= 4 is 11.6 Å². The highest BCUT2D eigenvalue weighted by Gasteiger charge is 2.26. The average Bonchev–Trinajstić information content (AvgIpc) is 2.70. The third-order valence-corrected chi connectivity index (χ3v) is 5.10. The molecule has 0 aromatic heterocycles. The van der Waals surface area contributed by atoms with Gasteiger partial charge in [0, 0.05) is 32.1 Å². The summed E-state index contributed by atoms with van der Waals surface area (Å²) >= 11 is 0. The highest BCUT2D eigenvalue weighted by atomic mass is 16.5. The highest BCUT2D eigenvalue weighted by Crippen LogP contribution is 2.32. The first-order chi connectivity index (χ1) is 12.7. The average molecular weight is 352 g/mol. The quantitative estimate of drug-likeness (QED) is 0.764. The van der Waals surface area contributed by atoms with Crippen LogP contribution in [0.25, 0.3) is 0 Å². The standard InChI is InChI=1S/C22H28N2O2/c1-3-18(4-2)22(25)24-16-14-23(15-17-24)20-12-8-9-13-21(20)26-19-10-6-5-7-11-19/h5-13,18H,3-4,14-17H2,1-2H3. The second-order valence-corrected chi connectivity index (χ2v) is 6.71. The normalized spacial score (nSPS) is 14.6. The van der Waals surface area contributed by atoms with Gasteiger partial charge < -0.3 is 14.5 Å². The van der Waals surface area contributed by atoms with Crippen molar-refractivity contribution in [3.05, 3.63) is 54.6 Å². The van der Waals surface area contributed by atoms with Gasteiger partial charge in [-0.2, -0.15) is 0 Å². The molecule has 1 aliphatic heterocycles. The van der Waals surface area contributed by atoms with Crippen molar-refractivity contribution < 1.29 is 9.53 Å². The predicted octanol–water partition coefficient (Wildman–Crippen LogP) is 4.56. The Hall–Kier alpha value is -2.49. The van der Waals surface area contributed by atoms with Gasteiger partial charge in [-0.1, -0.05) is 44.2 Å². The minimum Gasteiger partial charge on any atom is -0.455 e. The molecule has 0 bridgehead atoms. The fourth-order valence-corrected chi connectivity index (χ4v) is 3.48. The van der Waals surface area contributed by atoms with Crippen LogP contribution in [-0.2, 0) is 4.79 Å². The third-order valence-electron chi connectivity index (χ3n) is 5.10. The number of amides is 1. The van der Waals surface area contributed by atoms with Crippen LogP contribution in [0, 0.1) is 5.92 Å². The Morgan fingerprint density at radius 2 is 1.54 bits per heavy atom. The molecule has 3 rings (SSSR count). The van der Waals surface area contributed by atoms with E-state index in [2.05, 4.69) is 24.8 Å². The molecule has 1 saturated heterocycles. The Morgan fingerprint density at radius 1 is 0.923 bits per heavy atom. The molecule has 1 fully saturated rings. The van der Waals surface area contributed by atoms with Crippen LogP contribution in [-0.4, -0.2) is 37.0 Å². The van der Waals surface area contributed by atoms with E-state index in [0.717, 1.165) is 56.2 Å². The van der Waals surface area contributed by atoms with Crippen molar-refractivity contribution in [3.8, 4) is 11.5 Å². The highest BCUT2D eigenvalue weighted by molar-refractivity contribution is 5.79. The van der Waals surface area contributed by atoms with Crippen LogP contribution < -0.4 is 9.64 Å². The number of nitrogens with zero attached hydrogens (tertiary/aromatic N) is 2. The maximum atomic E-state index is 12.6. The van der Waals surface area contributed by atoms with Gasteiger partial charge in [-0.25, -0.2) is 0 Å². The fraction of sp³-hybridized carbons (Fsp3) is 0.409. The van der Waals surface area contributed by atoms with Gasteiger partial charge in [0.1, 0.15) is 5.75 Å². The Kier molecular flexibility index (Phi) is 6.16. The van der Waals surface area contributed by atoms with E-state index in [4.69, 9.17) is 4.74 Å². The van der Waals surface area contributed by atoms with Gasteiger partial charge >= 0.3 is 0 Å². The topological polar surface area (TPSA) is 32.8 Å². The summed E-state index contributed by atoms with van der Waals surface area (Å²) in [4.78, 5) is 16.9. The van der Waals surface area contributed by atoms with Gasteiger partial charge in [-0.3, -0.25) is 4.79 Å².